The number of anilines is 1. The van der Waals surface area contributed by atoms with Crippen molar-refractivity contribution < 1.29 is 19.4 Å². The van der Waals surface area contributed by atoms with Crippen molar-refractivity contribution >= 4 is 11.7 Å². The van der Waals surface area contributed by atoms with Crippen LogP contribution in [0, 0.1) is 0 Å². The third-order valence-corrected chi connectivity index (χ3v) is 5.75. The van der Waals surface area contributed by atoms with Gasteiger partial charge in [-0.2, -0.15) is 0 Å². The average Bonchev–Trinajstić information content (AvgIpc) is 2.75. The largest absolute Gasteiger partial charge is 0.491 e. The summed E-state index contributed by atoms with van der Waals surface area (Å²) in [5, 5.41) is 11.1. The lowest BCUT2D eigenvalue weighted by Crippen LogP contribution is -2.50. The summed E-state index contributed by atoms with van der Waals surface area (Å²) in [6.45, 7) is 7.11. The first-order valence-corrected chi connectivity index (χ1v) is 10.9. The van der Waals surface area contributed by atoms with Crippen LogP contribution in [0.25, 0.3) is 0 Å². The minimum absolute atomic E-state index is 0.153. The van der Waals surface area contributed by atoms with Crippen LogP contribution < -0.4 is 9.64 Å². The molecule has 0 amide bonds. The van der Waals surface area contributed by atoms with Crippen LogP contribution in [0.15, 0.2) is 48.5 Å². The van der Waals surface area contributed by atoms with E-state index in [1.165, 1.54) is 7.11 Å². The van der Waals surface area contributed by atoms with Crippen LogP contribution in [0.2, 0.25) is 0 Å². The normalized spacial score (nSPS) is 16.2. The molecule has 0 aromatic heterocycles. The Hall–Kier alpha value is -2.57. The zero-order valence-electron chi connectivity index (χ0n) is 19.0. The third kappa shape index (κ3) is 6.45. The topological polar surface area (TPSA) is 62.2 Å². The first-order chi connectivity index (χ1) is 14.8. The van der Waals surface area contributed by atoms with E-state index >= 15 is 0 Å². The first-order valence-electron chi connectivity index (χ1n) is 10.9. The lowest BCUT2D eigenvalue weighted by molar-refractivity contribution is -0.0159. The van der Waals surface area contributed by atoms with Crippen molar-refractivity contribution in [2.75, 3.05) is 38.7 Å². The van der Waals surface area contributed by atoms with E-state index in [9.17, 15) is 9.90 Å². The summed E-state index contributed by atoms with van der Waals surface area (Å²) in [6.07, 6.45) is 1.61. The van der Waals surface area contributed by atoms with E-state index in [2.05, 4.69) is 9.80 Å². The number of esters is 1. The molecule has 0 saturated carbocycles. The average molecular weight is 427 g/mol. The quantitative estimate of drug-likeness (QED) is 0.649. The summed E-state index contributed by atoms with van der Waals surface area (Å²) in [7, 11) is 3.41. The Bertz CT molecular complexity index is 841. The fraction of sp³-hybridized carbons (Fsp3) is 0.480. The molecule has 6 nitrogen and oxygen atoms in total. The molecular formula is C25H34N2O4. The highest BCUT2D eigenvalue weighted by atomic mass is 16.5. The molecule has 0 aliphatic carbocycles. The molecule has 2 aromatic carbocycles. The molecule has 0 atom stereocenters. The number of likely N-dealkylation sites (N-methyl/N-ethyl adjacent to an activating group) is 1. The predicted octanol–water partition coefficient (Wildman–Crippen LogP) is 3.72. The van der Waals surface area contributed by atoms with Crippen LogP contribution in [-0.2, 0) is 11.3 Å². The van der Waals surface area contributed by atoms with E-state index in [0.717, 1.165) is 49.5 Å². The molecule has 0 unspecified atom stereocenters. The molecule has 1 saturated heterocycles. The summed E-state index contributed by atoms with van der Waals surface area (Å²) >= 11 is 0. The Labute approximate surface area is 185 Å². The molecule has 1 fully saturated rings. The lowest BCUT2D eigenvalue weighted by Gasteiger charge is -2.40. The minimum Gasteiger partial charge on any atom is -0.491 e. The third-order valence-electron chi connectivity index (χ3n) is 5.75. The van der Waals surface area contributed by atoms with Gasteiger partial charge >= 0.3 is 5.97 Å². The van der Waals surface area contributed by atoms with Gasteiger partial charge in [0.1, 0.15) is 5.75 Å². The maximum absolute atomic E-state index is 11.6. The Kier molecular flexibility index (Phi) is 7.57. The highest BCUT2D eigenvalue weighted by molar-refractivity contribution is 5.89. The summed E-state index contributed by atoms with van der Waals surface area (Å²) < 4.78 is 10.5. The van der Waals surface area contributed by atoms with Gasteiger partial charge in [-0.3, -0.25) is 4.90 Å². The van der Waals surface area contributed by atoms with Crippen molar-refractivity contribution in [3.63, 3.8) is 0 Å². The van der Waals surface area contributed by atoms with E-state index in [-0.39, 0.29) is 12.1 Å². The molecule has 3 rings (SSSR count). The van der Waals surface area contributed by atoms with E-state index in [0.29, 0.717) is 12.1 Å². The molecule has 1 heterocycles. The summed E-state index contributed by atoms with van der Waals surface area (Å²) in [5.41, 5.74) is 2.08. The van der Waals surface area contributed by atoms with Crippen molar-refractivity contribution in [1.29, 1.82) is 0 Å². The number of aliphatic hydroxyl groups is 1. The van der Waals surface area contributed by atoms with Crippen LogP contribution in [0.4, 0.5) is 5.69 Å². The van der Waals surface area contributed by atoms with E-state index in [1.807, 2.05) is 57.3 Å². The number of rotatable bonds is 8. The second-order valence-electron chi connectivity index (χ2n) is 8.71. The minimum atomic E-state index is -0.701. The van der Waals surface area contributed by atoms with Crippen LogP contribution in [0.1, 0.15) is 42.6 Å². The Morgan fingerprint density at radius 2 is 1.71 bits per heavy atom. The van der Waals surface area contributed by atoms with Gasteiger partial charge in [0.2, 0.25) is 0 Å². The molecule has 0 bridgehead atoms. The Morgan fingerprint density at radius 3 is 2.26 bits per heavy atom. The van der Waals surface area contributed by atoms with Crippen molar-refractivity contribution in [2.24, 2.45) is 0 Å². The predicted molar refractivity (Wildman–Crippen MR) is 123 cm³/mol. The zero-order chi connectivity index (χ0) is 22.4. The zero-order valence-corrected chi connectivity index (χ0v) is 19.0. The maximum Gasteiger partial charge on any atom is 0.337 e. The van der Waals surface area contributed by atoms with Crippen molar-refractivity contribution in [3.8, 4) is 5.75 Å². The van der Waals surface area contributed by atoms with Crippen LogP contribution >= 0.6 is 0 Å². The van der Waals surface area contributed by atoms with Crippen LogP contribution in [0.5, 0.6) is 5.75 Å². The van der Waals surface area contributed by atoms with E-state index in [4.69, 9.17) is 9.47 Å². The molecule has 2 aromatic rings. The van der Waals surface area contributed by atoms with Gasteiger partial charge < -0.3 is 19.5 Å². The lowest BCUT2D eigenvalue weighted by atomic mass is 9.90. The fourth-order valence-electron chi connectivity index (χ4n) is 3.99. The van der Waals surface area contributed by atoms with Gasteiger partial charge in [0, 0.05) is 38.9 Å². The molecular weight excluding hydrogens is 392 g/mol. The molecule has 1 aliphatic heterocycles. The molecule has 1 aliphatic rings. The molecule has 6 heteroatoms. The number of carbonyl (C=O) groups excluding carboxylic acids is 1. The highest BCUT2D eigenvalue weighted by Gasteiger charge is 2.33. The van der Waals surface area contributed by atoms with Gasteiger partial charge in [0.05, 0.1) is 24.4 Å². The number of carbonyl (C=O) groups is 1. The van der Waals surface area contributed by atoms with Crippen molar-refractivity contribution in [3.05, 3.63) is 59.7 Å². The summed E-state index contributed by atoms with van der Waals surface area (Å²) in [4.78, 5) is 16.0. The number of piperidine rings is 1. The first kappa shape index (κ1) is 23.1. The van der Waals surface area contributed by atoms with Gasteiger partial charge in [-0.25, -0.2) is 4.79 Å². The highest BCUT2D eigenvalue weighted by Crippen LogP contribution is 2.27. The standard InChI is InChI=1S/C25H34N2O4/c1-19(2)31-23-11-9-22(10-12-23)26(3)18-25(29)13-15-27(16-14-25)17-20-5-7-21(8-6-20)24(28)30-4/h5-12,19,29H,13-18H2,1-4H3. The van der Waals surface area contributed by atoms with Gasteiger partial charge in [0.25, 0.3) is 0 Å². The number of likely N-dealkylation sites (tertiary alicyclic amines) is 1. The van der Waals surface area contributed by atoms with Crippen LogP contribution in [0.3, 0.4) is 0 Å². The van der Waals surface area contributed by atoms with Crippen LogP contribution in [-0.4, -0.2) is 61.5 Å². The molecule has 1 N–H and O–H groups in total. The van der Waals surface area contributed by atoms with Gasteiger partial charge in [-0.15, -0.1) is 0 Å². The van der Waals surface area contributed by atoms with E-state index < -0.39 is 5.60 Å². The number of benzene rings is 2. The smallest absolute Gasteiger partial charge is 0.337 e. The number of nitrogens with zero attached hydrogens (tertiary/aromatic N) is 2. The maximum atomic E-state index is 11.6. The Morgan fingerprint density at radius 1 is 1.10 bits per heavy atom. The van der Waals surface area contributed by atoms with E-state index in [1.54, 1.807) is 12.1 Å². The molecule has 0 radical (unpaired) electrons. The monoisotopic (exact) mass is 426 g/mol. The van der Waals surface area contributed by atoms with Crippen molar-refractivity contribution in [1.82, 2.24) is 4.90 Å². The Balaban J connectivity index is 1.50. The number of methoxy groups -OCH3 is 1. The second-order valence-corrected chi connectivity index (χ2v) is 8.71. The second kappa shape index (κ2) is 10.2. The number of hydrogen-bond donors (Lipinski definition) is 1. The van der Waals surface area contributed by atoms with Crippen molar-refractivity contribution in [2.45, 2.75) is 44.9 Å². The number of hydrogen-bond acceptors (Lipinski definition) is 6. The molecule has 31 heavy (non-hydrogen) atoms. The molecule has 168 valence electrons. The van der Waals surface area contributed by atoms with Gasteiger partial charge in [0.15, 0.2) is 0 Å². The SMILES string of the molecule is COC(=O)c1ccc(CN2CCC(O)(CN(C)c3ccc(OC(C)C)cc3)CC2)cc1. The fourth-order valence-corrected chi connectivity index (χ4v) is 3.99. The summed E-state index contributed by atoms with van der Waals surface area (Å²) in [5.74, 6) is 0.541. The van der Waals surface area contributed by atoms with Gasteiger partial charge in [-0.1, -0.05) is 12.1 Å². The van der Waals surface area contributed by atoms with Gasteiger partial charge in [-0.05, 0) is 68.7 Å². The number of ether oxygens (including phenoxy) is 2. The summed E-state index contributed by atoms with van der Waals surface area (Å²) in [6, 6.07) is 15.6. The molecule has 0 spiro atoms.